The molecule has 0 fully saturated rings. The van der Waals surface area contributed by atoms with Crippen LogP contribution in [0.2, 0.25) is 5.02 Å². The van der Waals surface area contributed by atoms with Crippen molar-refractivity contribution in [1.29, 1.82) is 0 Å². The molecule has 0 saturated heterocycles. The molecule has 0 atom stereocenters. The average molecular weight is 232 g/mol. The van der Waals surface area contributed by atoms with E-state index in [0.29, 0.717) is 0 Å². The van der Waals surface area contributed by atoms with E-state index in [1.807, 2.05) is 36.4 Å². The van der Waals surface area contributed by atoms with Gasteiger partial charge in [0.2, 0.25) is 0 Å². The molecule has 0 heterocycles. The van der Waals surface area contributed by atoms with Gasteiger partial charge in [-0.2, -0.15) is 0 Å². The van der Waals surface area contributed by atoms with E-state index in [2.05, 4.69) is 13.0 Å². The topological polar surface area (TPSA) is 26.0 Å². The largest absolute Gasteiger partial charge is 0.398 e. The molecule has 82 valence electrons. The van der Waals surface area contributed by atoms with Crippen LogP contribution in [-0.2, 0) is 6.42 Å². The van der Waals surface area contributed by atoms with Gasteiger partial charge in [0.25, 0.3) is 0 Å². The highest BCUT2D eigenvalue weighted by atomic mass is 35.5. The molecule has 2 aromatic rings. The highest BCUT2D eigenvalue weighted by molar-refractivity contribution is 6.30. The summed E-state index contributed by atoms with van der Waals surface area (Å²) in [5, 5.41) is 0.747. The first-order valence-corrected chi connectivity index (χ1v) is 5.73. The van der Waals surface area contributed by atoms with E-state index in [0.717, 1.165) is 28.3 Å². The minimum absolute atomic E-state index is 0.747. The monoisotopic (exact) mass is 231 g/mol. The van der Waals surface area contributed by atoms with Gasteiger partial charge >= 0.3 is 0 Å². The van der Waals surface area contributed by atoms with Gasteiger partial charge in [-0.15, -0.1) is 0 Å². The van der Waals surface area contributed by atoms with Crippen molar-refractivity contribution in [2.45, 2.75) is 13.3 Å². The first-order valence-electron chi connectivity index (χ1n) is 5.35. The second-order valence-corrected chi connectivity index (χ2v) is 4.18. The zero-order valence-corrected chi connectivity index (χ0v) is 9.96. The third-order valence-electron chi connectivity index (χ3n) is 2.70. The summed E-state index contributed by atoms with van der Waals surface area (Å²) < 4.78 is 0. The summed E-state index contributed by atoms with van der Waals surface area (Å²) in [4.78, 5) is 0. The van der Waals surface area contributed by atoms with Crippen molar-refractivity contribution in [2.75, 3.05) is 5.73 Å². The van der Waals surface area contributed by atoms with Crippen molar-refractivity contribution in [3.8, 4) is 11.1 Å². The SMILES string of the molecule is CCc1cccc(N)c1-c1ccc(Cl)cc1. The van der Waals surface area contributed by atoms with Crippen LogP contribution >= 0.6 is 11.6 Å². The molecule has 0 aromatic heterocycles. The van der Waals surface area contributed by atoms with Gasteiger partial charge in [-0.05, 0) is 35.7 Å². The smallest absolute Gasteiger partial charge is 0.0406 e. The summed E-state index contributed by atoms with van der Waals surface area (Å²) in [5.74, 6) is 0. The summed E-state index contributed by atoms with van der Waals surface area (Å²) in [6.07, 6.45) is 0.975. The summed E-state index contributed by atoms with van der Waals surface area (Å²) >= 11 is 5.88. The Bertz CT molecular complexity index is 489. The van der Waals surface area contributed by atoms with Crippen LogP contribution in [-0.4, -0.2) is 0 Å². The quantitative estimate of drug-likeness (QED) is 0.772. The van der Waals surface area contributed by atoms with Crippen molar-refractivity contribution in [3.63, 3.8) is 0 Å². The number of benzene rings is 2. The lowest BCUT2D eigenvalue weighted by Crippen LogP contribution is -1.94. The second kappa shape index (κ2) is 4.58. The van der Waals surface area contributed by atoms with Crippen LogP contribution in [0.15, 0.2) is 42.5 Å². The van der Waals surface area contributed by atoms with Gasteiger partial charge in [0.05, 0.1) is 0 Å². The Morgan fingerprint density at radius 1 is 1.06 bits per heavy atom. The zero-order valence-electron chi connectivity index (χ0n) is 9.20. The normalized spacial score (nSPS) is 10.4. The molecular formula is C14H14ClN. The van der Waals surface area contributed by atoms with Gasteiger partial charge in [-0.3, -0.25) is 0 Å². The molecule has 0 aliphatic rings. The fourth-order valence-corrected chi connectivity index (χ4v) is 2.01. The lowest BCUT2D eigenvalue weighted by molar-refractivity contribution is 1.14. The average Bonchev–Trinajstić information content (AvgIpc) is 2.30. The van der Waals surface area contributed by atoms with Gasteiger partial charge in [-0.1, -0.05) is 42.8 Å². The van der Waals surface area contributed by atoms with E-state index in [-0.39, 0.29) is 0 Å². The number of hydrogen-bond acceptors (Lipinski definition) is 1. The second-order valence-electron chi connectivity index (χ2n) is 3.74. The van der Waals surface area contributed by atoms with E-state index in [4.69, 9.17) is 17.3 Å². The Morgan fingerprint density at radius 2 is 1.75 bits per heavy atom. The Kier molecular flexibility index (Phi) is 3.16. The highest BCUT2D eigenvalue weighted by Gasteiger charge is 2.06. The number of aryl methyl sites for hydroxylation is 1. The van der Waals surface area contributed by atoms with Crippen molar-refractivity contribution in [2.24, 2.45) is 0 Å². The predicted octanol–water partition coefficient (Wildman–Crippen LogP) is 4.15. The predicted molar refractivity (Wildman–Crippen MR) is 70.7 cm³/mol. The van der Waals surface area contributed by atoms with Crippen molar-refractivity contribution in [3.05, 3.63) is 53.1 Å². The standard InChI is InChI=1S/C14H14ClN/c1-2-10-4-3-5-13(16)14(10)11-6-8-12(15)9-7-11/h3-9H,2,16H2,1H3. The third kappa shape index (κ3) is 2.05. The maximum atomic E-state index is 6.03. The molecule has 0 bridgehead atoms. The van der Waals surface area contributed by atoms with Crippen LogP contribution in [0.25, 0.3) is 11.1 Å². The Hall–Kier alpha value is -1.47. The number of nitrogen functional groups attached to an aromatic ring is 1. The lowest BCUT2D eigenvalue weighted by Gasteiger charge is -2.11. The van der Waals surface area contributed by atoms with Gasteiger partial charge in [0.1, 0.15) is 0 Å². The van der Waals surface area contributed by atoms with Gasteiger partial charge < -0.3 is 5.73 Å². The van der Waals surface area contributed by atoms with Crippen molar-refractivity contribution >= 4 is 17.3 Å². The van der Waals surface area contributed by atoms with Crippen LogP contribution in [0.1, 0.15) is 12.5 Å². The van der Waals surface area contributed by atoms with E-state index in [9.17, 15) is 0 Å². The Balaban J connectivity index is 2.58. The Labute approximate surface area is 101 Å². The maximum Gasteiger partial charge on any atom is 0.0406 e. The van der Waals surface area contributed by atoms with Crippen molar-refractivity contribution in [1.82, 2.24) is 0 Å². The summed E-state index contributed by atoms with van der Waals surface area (Å²) in [5.41, 5.74) is 10.4. The number of nitrogens with two attached hydrogens (primary N) is 1. The fraction of sp³-hybridized carbons (Fsp3) is 0.143. The molecule has 0 unspecified atom stereocenters. The molecule has 0 amide bonds. The number of hydrogen-bond donors (Lipinski definition) is 1. The van der Waals surface area contributed by atoms with Gasteiger partial charge in [0.15, 0.2) is 0 Å². The first kappa shape index (κ1) is 11.0. The summed E-state index contributed by atoms with van der Waals surface area (Å²) in [6.45, 7) is 2.13. The third-order valence-corrected chi connectivity index (χ3v) is 2.95. The first-order chi connectivity index (χ1) is 7.72. The molecule has 1 nitrogen and oxygen atoms in total. The number of halogens is 1. The van der Waals surface area contributed by atoms with Crippen LogP contribution < -0.4 is 5.73 Å². The van der Waals surface area contributed by atoms with E-state index in [1.165, 1.54) is 5.56 Å². The molecule has 2 aromatic carbocycles. The number of rotatable bonds is 2. The van der Waals surface area contributed by atoms with Crippen LogP contribution in [0.5, 0.6) is 0 Å². The maximum absolute atomic E-state index is 6.03. The molecule has 0 aliphatic carbocycles. The van der Waals surface area contributed by atoms with E-state index < -0.39 is 0 Å². The highest BCUT2D eigenvalue weighted by Crippen LogP contribution is 2.30. The molecule has 0 saturated carbocycles. The summed E-state index contributed by atoms with van der Waals surface area (Å²) in [6, 6.07) is 13.8. The lowest BCUT2D eigenvalue weighted by atomic mass is 9.96. The van der Waals surface area contributed by atoms with Crippen LogP contribution in [0, 0.1) is 0 Å². The van der Waals surface area contributed by atoms with E-state index in [1.54, 1.807) is 0 Å². The minimum Gasteiger partial charge on any atom is -0.398 e. The zero-order chi connectivity index (χ0) is 11.5. The molecule has 0 radical (unpaired) electrons. The van der Waals surface area contributed by atoms with Crippen LogP contribution in [0.4, 0.5) is 5.69 Å². The Morgan fingerprint density at radius 3 is 2.38 bits per heavy atom. The molecular weight excluding hydrogens is 218 g/mol. The van der Waals surface area contributed by atoms with Crippen molar-refractivity contribution < 1.29 is 0 Å². The molecule has 0 aliphatic heterocycles. The molecule has 2 heteroatoms. The number of anilines is 1. The molecule has 16 heavy (non-hydrogen) atoms. The molecule has 2 N–H and O–H groups in total. The van der Waals surface area contributed by atoms with Gasteiger partial charge in [-0.25, -0.2) is 0 Å². The van der Waals surface area contributed by atoms with E-state index >= 15 is 0 Å². The van der Waals surface area contributed by atoms with Gasteiger partial charge in [0, 0.05) is 16.3 Å². The fourth-order valence-electron chi connectivity index (χ4n) is 1.88. The van der Waals surface area contributed by atoms with Crippen LogP contribution in [0.3, 0.4) is 0 Å². The summed E-state index contributed by atoms with van der Waals surface area (Å²) in [7, 11) is 0. The minimum atomic E-state index is 0.747. The molecule has 2 rings (SSSR count). The molecule has 0 spiro atoms.